The molecule has 0 bridgehead atoms. The largest absolute Gasteiger partial charge is 0.355 e. The van der Waals surface area contributed by atoms with E-state index in [-0.39, 0.29) is 36.6 Å². The van der Waals surface area contributed by atoms with Crippen molar-refractivity contribution in [1.29, 1.82) is 0 Å². The SMILES string of the molecule is CC(C(=O)NCCc1nc(C2CCCCC2)cs1)C1CNC1.Cl.Cl. The van der Waals surface area contributed by atoms with Crippen molar-refractivity contribution in [2.24, 2.45) is 11.8 Å². The number of hydrogen-bond donors (Lipinski definition) is 2. The smallest absolute Gasteiger partial charge is 0.223 e. The third-order valence-electron chi connectivity index (χ3n) is 5.16. The van der Waals surface area contributed by atoms with Crippen molar-refractivity contribution < 1.29 is 4.79 Å². The first-order chi connectivity index (χ1) is 10.7. The molecule has 1 aliphatic heterocycles. The summed E-state index contributed by atoms with van der Waals surface area (Å²) in [6.07, 6.45) is 7.54. The number of thiazole rings is 1. The van der Waals surface area contributed by atoms with Crippen LogP contribution in [0.3, 0.4) is 0 Å². The van der Waals surface area contributed by atoms with Gasteiger partial charge in [0, 0.05) is 30.2 Å². The summed E-state index contributed by atoms with van der Waals surface area (Å²) in [4.78, 5) is 16.9. The van der Waals surface area contributed by atoms with Gasteiger partial charge in [0.15, 0.2) is 0 Å². The van der Waals surface area contributed by atoms with Gasteiger partial charge in [-0.1, -0.05) is 26.2 Å². The zero-order valence-corrected chi connectivity index (χ0v) is 16.7. The Kier molecular flexibility index (Phi) is 9.57. The topological polar surface area (TPSA) is 54.0 Å². The van der Waals surface area contributed by atoms with Gasteiger partial charge in [0.2, 0.25) is 5.91 Å². The van der Waals surface area contributed by atoms with Crippen LogP contribution >= 0.6 is 36.2 Å². The minimum atomic E-state index is 0. The fraction of sp³-hybridized carbons (Fsp3) is 0.765. The summed E-state index contributed by atoms with van der Waals surface area (Å²) in [6, 6.07) is 0. The molecule has 1 aromatic rings. The molecule has 2 aliphatic rings. The molecule has 2 heterocycles. The van der Waals surface area contributed by atoms with E-state index in [1.54, 1.807) is 11.3 Å². The molecule has 1 aliphatic carbocycles. The maximum absolute atomic E-state index is 12.1. The van der Waals surface area contributed by atoms with Gasteiger partial charge in [0.25, 0.3) is 0 Å². The number of amides is 1. The zero-order chi connectivity index (χ0) is 15.4. The highest BCUT2D eigenvalue weighted by atomic mass is 35.5. The molecule has 0 aromatic carbocycles. The molecule has 1 amide bonds. The maximum atomic E-state index is 12.1. The van der Waals surface area contributed by atoms with Crippen LogP contribution in [0.2, 0.25) is 0 Å². The lowest BCUT2D eigenvalue weighted by Crippen LogP contribution is -2.49. The van der Waals surface area contributed by atoms with Crippen LogP contribution in [-0.2, 0) is 11.2 Å². The van der Waals surface area contributed by atoms with E-state index in [9.17, 15) is 4.79 Å². The Balaban J connectivity index is 0.00000144. The fourth-order valence-electron chi connectivity index (χ4n) is 3.36. The van der Waals surface area contributed by atoms with E-state index in [0.717, 1.165) is 19.5 Å². The van der Waals surface area contributed by atoms with E-state index in [1.165, 1.54) is 42.8 Å². The predicted molar refractivity (Wildman–Crippen MR) is 105 cm³/mol. The zero-order valence-electron chi connectivity index (χ0n) is 14.3. The van der Waals surface area contributed by atoms with Crippen LogP contribution in [0.25, 0.3) is 0 Å². The Labute approximate surface area is 161 Å². The van der Waals surface area contributed by atoms with Crippen molar-refractivity contribution in [3.05, 3.63) is 16.1 Å². The van der Waals surface area contributed by atoms with Crippen molar-refractivity contribution in [1.82, 2.24) is 15.6 Å². The van der Waals surface area contributed by atoms with E-state index < -0.39 is 0 Å². The van der Waals surface area contributed by atoms with E-state index >= 15 is 0 Å². The van der Waals surface area contributed by atoms with Gasteiger partial charge in [-0.2, -0.15) is 0 Å². The first kappa shape index (κ1) is 21.7. The molecule has 7 heteroatoms. The lowest BCUT2D eigenvalue weighted by atomic mass is 9.87. The van der Waals surface area contributed by atoms with Crippen molar-refractivity contribution in [3.63, 3.8) is 0 Å². The van der Waals surface area contributed by atoms with Crippen LogP contribution in [0, 0.1) is 11.8 Å². The molecule has 1 saturated carbocycles. The van der Waals surface area contributed by atoms with Crippen LogP contribution in [0.1, 0.15) is 55.6 Å². The molecule has 1 unspecified atom stereocenters. The molecular weight excluding hydrogens is 365 g/mol. The molecule has 1 atom stereocenters. The summed E-state index contributed by atoms with van der Waals surface area (Å²) in [5.74, 6) is 1.50. The predicted octanol–water partition coefficient (Wildman–Crippen LogP) is 3.55. The fourth-order valence-corrected chi connectivity index (χ4v) is 4.24. The average molecular weight is 394 g/mol. The second kappa shape index (κ2) is 10.6. The summed E-state index contributed by atoms with van der Waals surface area (Å²) >= 11 is 1.75. The van der Waals surface area contributed by atoms with Crippen molar-refractivity contribution in [2.45, 2.75) is 51.4 Å². The summed E-state index contributed by atoms with van der Waals surface area (Å²) in [7, 11) is 0. The van der Waals surface area contributed by atoms with Crippen molar-refractivity contribution in [2.75, 3.05) is 19.6 Å². The van der Waals surface area contributed by atoms with Gasteiger partial charge in [0.1, 0.15) is 0 Å². The number of carbonyl (C=O) groups excluding carboxylic acids is 1. The highest BCUT2D eigenvalue weighted by Gasteiger charge is 2.28. The number of nitrogens with one attached hydrogen (secondary N) is 2. The summed E-state index contributed by atoms with van der Waals surface area (Å²) in [5.41, 5.74) is 1.29. The number of nitrogens with zero attached hydrogens (tertiary/aromatic N) is 1. The molecule has 138 valence electrons. The second-order valence-corrected chi connectivity index (χ2v) is 7.69. The average Bonchev–Trinajstić information content (AvgIpc) is 2.95. The molecule has 24 heavy (non-hydrogen) atoms. The van der Waals surface area contributed by atoms with Crippen LogP contribution in [0.4, 0.5) is 0 Å². The molecule has 2 fully saturated rings. The van der Waals surface area contributed by atoms with Crippen molar-refractivity contribution in [3.8, 4) is 0 Å². The lowest BCUT2D eigenvalue weighted by molar-refractivity contribution is -0.126. The third kappa shape index (κ3) is 5.58. The number of hydrogen-bond acceptors (Lipinski definition) is 4. The number of halogens is 2. The quantitative estimate of drug-likeness (QED) is 0.776. The van der Waals surface area contributed by atoms with E-state index in [4.69, 9.17) is 4.98 Å². The van der Waals surface area contributed by atoms with E-state index in [2.05, 4.69) is 16.0 Å². The Morgan fingerprint density at radius 3 is 2.67 bits per heavy atom. The minimum Gasteiger partial charge on any atom is -0.355 e. The molecule has 1 saturated heterocycles. The maximum Gasteiger partial charge on any atom is 0.223 e. The lowest BCUT2D eigenvalue weighted by Gasteiger charge is -2.31. The molecule has 2 N–H and O–H groups in total. The Hall–Kier alpha value is -0.360. The second-order valence-electron chi connectivity index (χ2n) is 6.75. The van der Waals surface area contributed by atoms with E-state index in [1.807, 2.05) is 6.92 Å². The molecule has 0 radical (unpaired) electrons. The van der Waals surface area contributed by atoms with Gasteiger partial charge in [0.05, 0.1) is 10.7 Å². The normalized spacial score (nSPS) is 19.5. The summed E-state index contributed by atoms with van der Waals surface area (Å²) in [6.45, 7) is 4.70. The van der Waals surface area contributed by atoms with Gasteiger partial charge in [-0.3, -0.25) is 4.79 Å². The van der Waals surface area contributed by atoms with Gasteiger partial charge in [-0.25, -0.2) is 4.98 Å². The Morgan fingerprint density at radius 2 is 2.04 bits per heavy atom. The summed E-state index contributed by atoms with van der Waals surface area (Å²) in [5, 5.41) is 9.69. The van der Waals surface area contributed by atoms with Gasteiger partial charge < -0.3 is 10.6 Å². The van der Waals surface area contributed by atoms with Crippen LogP contribution in [0.15, 0.2) is 5.38 Å². The minimum absolute atomic E-state index is 0. The molecule has 4 nitrogen and oxygen atoms in total. The third-order valence-corrected chi connectivity index (χ3v) is 6.09. The first-order valence-electron chi connectivity index (χ1n) is 8.67. The van der Waals surface area contributed by atoms with E-state index in [0.29, 0.717) is 18.4 Å². The molecule has 3 rings (SSSR count). The van der Waals surface area contributed by atoms with Gasteiger partial charge >= 0.3 is 0 Å². The van der Waals surface area contributed by atoms with Gasteiger partial charge in [-0.05, 0) is 31.8 Å². The number of aromatic nitrogens is 1. The van der Waals surface area contributed by atoms with Crippen LogP contribution < -0.4 is 10.6 Å². The standard InChI is InChI=1S/C17H27N3OS.2ClH/c1-12(14-9-18-10-14)17(21)19-8-7-16-20-15(11-22-16)13-5-3-2-4-6-13;;/h11-14,18H,2-10H2,1H3,(H,19,21);2*1H. The monoisotopic (exact) mass is 393 g/mol. The van der Waals surface area contributed by atoms with Gasteiger partial charge in [-0.15, -0.1) is 36.2 Å². The van der Waals surface area contributed by atoms with Crippen LogP contribution in [0.5, 0.6) is 0 Å². The van der Waals surface area contributed by atoms with Crippen LogP contribution in [-0.4, -0.2) is 30.5 Å². The highest BCUT2D eigenvalue weighted by molar-refractivity contribution is 7.09. The molecule has 0 spiro atoms. The number of rotatable bonds is 6. The van der Waals surface area contributed by atoms with Crippen molar-refractivity contribution >= 4 is 42.1 Å². The highest BCUT2D eigenvalue weighted by Crippen LogP contribution is 2.33. The molecular formula is C17H29Cl2N3OS. The first-order valence-corrected chi connectivity index (χ1v) is 9.54. The number of carbonyl (C=O) groups is 1. The Bertz CT molecular complexity index is 502. The summed E-state index contributed by atoms with van der Waals surface area (Å²) < 4.78 is 0. The molecule has 1 aromatic heterocycles. The Morgan fingerprint density at radius 1 is 1.33 bits per heavy atom.